The van der Waals surface area contributed by atoms with E-state index in [0.717, 1.165) is 12.3 Å². The number of aromatic nitrogens is 1. The minimum Gasteiger partial charge on any atom is -0.444 e. The van der Waals surface area contributed by atoms with Gasteiger partial charge in [-0.3, -0.25) is 10.3 Å². The number of ether oxygens (including phenoxy) is 1. The highest BCUT2D eigenvalue weighted by Crippen LogP contribution is 2.11. The van der Waals surface area contributed by atoms with E-state index in [1.54, 1.807) is 20.8 Å². The Labute approximate surface area is 87.5 Å². The molecule has 0 atom stereocenters. The van der Waals surface area contributed by atoms with Crippen LogP contribution in [0.15, 0.2) is 18.5 Å². The molecule has 0 aliphatic heterocycles. The summed E-state index contributed by atoms with van der Waals surface area (Å²) in [5.74, 6) is -0.511. The molecule has 1 aromatic rings. The molecule has 0 fully saturated rings. The quantitative estimate of drug-likeness (QED) is 0.778. The van der Waals surface area contributed by atoms with Crippen LogP contribution in [0.1, 0.15) is 20.8 Å². The van der Waals surface area contributed by atoms with Crippen molar-refractivity contribution in [2.24, 2.45) is 0 Å². The summed E-state index contributed by atoms with van der Waals surface area (Å²) in [6, 6.07) is 1.16. The number of pyridine rings is 1. The van der Waals surface area contributed by atoms with E-state index in [1.165, 1.54) is 6.20 Å². The summed E-state index contributed by atoms with van der Waals surface area (Å²) in [7, 11) is 0. The van der Waals surface area contributed by atoms with Gasteiger partial charge in [-0.05, 0) is 20.8 Å². The molecule has 0 saturated carbocycles. The number of anilines is 1. The van der Waals surface area contributed by atoms with E-state index in [2.05, 4.69) is 10.3 Å². The largest absolute Gasteiger partial charge is 0.444 e. The topological polar surface area (TPSA) is 51.2 Å². The smallest absolute Gasteiger partial charge is 0.412 e. The lowest BCUT2D eigenvalue weighted by molar-refractivity contribution is 0.0636. The summed E-state index contributed by atoms with van der Waals surface area (Å²) < 4.78 is 17.7. The van der Waals surface area contributed by atoms with Crippen molar-refractivity contribution in [3.8, 4) is 0 Å². The maximum absolute atomic E-state index is 12.7. The normalized spacial score (nSPS) is 10.9. The van der Waals surface area contributed by atoms with Gasteiger partial charge in [-0.25, -0.2) is 9.18 Å². The van der Waals surface area contributed by atoms with Gasteiger partial charge in [0.25, 0.3) is 0 Å². The van der Waals surface area contributed by atoms with Gasteiger partial charge in [-0.15, -0.1) is 0 Å². The molecule has 1 amide bonds. The molecule has 1 rings (SSSR count). The predicted octanol–water partition coefficient (Wildman–Crippen LogP) is 2.57. The Balaban J connectivity index is 2.59. The summed E-state index contributed by atoms with van der Waals surface area (Å²) in [5, 5.41) is 2.38. The number of nitrogens with zero attached hydrogens (tertiary/aromatic N) is 1. The van der Waals surface area contributed by atoms with E-state index < -0.39 is 17.5 Å². The summed E-state index contributed by atoms with van der Waals surface area (Å²) in [6.07, 6.45) is 1.77. The van der Waals surface area contributed by atoms with E-state index in [0.29, 0.717) is 0 Å². The van der Waals surface area contributed by atoms with Crippen LogP contribution in [0.5, 0.6) is 0 Å². The first kappa shape index (κ1) is 11.4. The fraction of sp³-hybridized carbons (Fsp3) is 0.400. The molecule has 1 aromatic heterocycles. The van der Waals surface area contributed by atoms with Crippen molar-refractivity contribution < 1.29 is 13.9 Å². The van der Waals surface area contributed by atoms with Gasteiger partial charge in [0.1, 0.15) is 11.4 Å². The molecular formula is C10H13FN2O2. The number of nitrogens with one attached hydrogen (secondary N) is 1. The first-order valence-corrected chi connectivity index (χ1v) is 4.47. The Bertz CT molecular complexity index is 361. The average Bonchev–Trinajstić information content (AvgIpc) is 1.99. The van der Waals surface area contributed by atoms with Crippen LogP contribution in [-0.2, 0) is 4.74 Å². The Kier molecular flexibility index (Phi) is 3.24. The number of carbonyl (C=O) groups excluding carboxylic acids is 1. The van der Waals surface area contributed by atoms with Crippen molar-refractivity contribution in [2.75, 3.05) is 5.32 Å². The number of halogens is 1. The summed E-state index contributed by atoms with van der Waals surface area (Å²) in [4.78, 5) is 14.8. The van der Waals surface area contributed by atoms with Gasteiger partial charge in [0, 0.05) is 6.07 Å². The first-order chi connectivity index (χ1) is 6.87. The summed E-state index contributed by atoms with van der Waals surface area (Å²) in [6.45, 7) is 5.24. The zero-order chi connectivity index (χ0) is 11.5. The molecule has 5 heteroatoms. The SMILES string of the molecule is CC(C)(C)OC(=O)Nc1cncc(F)c1. The lowest BCUT2D eigenvalue weighted by atomic mass is 10.2. The number of hydrogen-bond donors (Lipinski definition) is 1. The molecule has 0 radical (unpaired) electrons. The number of amides is 1. The second-order valence-electron chi connectivity index (χ2n) is 4.02. The minimum absolute atomic E-state index is 0.268. The predicted molar refractivity (Wildman–Crippen MR) is 54.1 cm³/mol. The highest BCUT2D eigenvalue weighted by Gasteiger charge is 2.16. The van der Waals surface area contributed by atoms with Crippen molar-refractivity contribution in [1.82, 2.24) is 4.98 Å². The van der Waals surface area contributed by atoms with Crippen molar-refractivity contribution >= 4 is 11.8 Å². The Morgan fingerprint density at radius 1 is 1.47 bits per heavy atom. The molecule has 82 valence electrons. The number of rotatable bonds is 1. The van der Waals surface area contributed by atoms with Crippen molar-refractivity contribution in [2.45, 2.75) is 26.4 Å². The molecule has 0 aromatic carbocycles. The van der Waals surface area contributed by atoms with Crippen LogP contribution >= 0.6 is 0 Å². The minimum atomic E-state index is -0.630. The van der Waals surface area contributed by atoms with Gasteiger partial charge in [0.15, 0.2) is 0 Å². The van der Waals surface area contributed by atoms with E-state index >= 15 is 0 Å². The van der Waals surface area contributed by atoms with Gasteiger partial charge in [0.2, 0.25) is 0 Å². The highest BCUT2D eigenvalue weighted by molar-refractivity contribution is 5.84. The monoisotopic (exact) mass is 212 g/mol. The van der Waals surface area contributed by atoms with Gasteiger partial charge in [0.05, 0.1) is 18.1 Å². The second kappa shape index (κ2) is 4.25. The summed E-state index contributed by atoms with van der Waals surface area (Å²) in [5.41, 5.74) is -0.311. The number of carbonyl (C=O) groups is 1. The Morgan fingerprint density at radius 2 is 2.13 bits per heavy atom. The molecule has 4 nitrogen and oxygen atoms in total. The lowest BCUT2D eigenvalue weighted by Crippen LogP contribution is -2.27. The van der Waals surface area contributed by atoms with Crippen molar-refractivity contribution in [1.29, 1.82) is 0 Å². The van der Waals surface area contributed by atoms with Crippen LogP contribution in [-0.4, -0.2) is 16.7 Å². The Hall–Kier alpha value is -1.65. The summed E-state index contributed by atoms with van der Waals surface area (Å²) >= 11 is 0. The molecule has 0 spiro atoms. The van der Waals surface area contributed by atoms with Crippen LogP contribution < -0.4 is 5.32 Å². The fourth-order valence-electron chi connectivity index (χ4n) is 0.902. The van der Waals surface area contributed by atoms with E-state index in [4.69, 9.17) is 4.74 Å². The Morgan fingerprint density at radius 3 is 2.67 bits per heavy atom. The van der Waals surface area contributed by atoms with Crippen LogP contribution in [0, 0.1) is 5.82 Å². The van der Waals surface area contributed by atoms with Crippen LogP contribution in [0.25, 0.3) is 0 Å². The van der Waals surface area contributed by atoms with Gasteiger partial charge < -0.3 is 4.74 Å². The third-order valence-electron chi connectivity index (χ3n) is 1.35. The highest BCUT2D eigenvalue weighted by atomic mass is 19.1. The van der Waals surface area contributed by atoms with E-state index in [-0.39, 0.29) is 5.69 Å². The molecule has 1 N–H and O–H groups in total. The van der Waals surface area contributed by atoms with Crippen LogP contribution in [0.3, 0.4) is 0 Å². The molecule has 15 heavy (non-hydrogen) atoms. The maximum atomic E-state index is 12.7. The van der Waals surface area contributed by atoms with Crippen molar-refractivity contribution in [3.05, 3.63) is 24.3 Å². The van der Waals surface area contributed by atoms with Crippen LogP contribution in [0.4, 0.5) is 14.9 Å². The first-order valence-electron chi connectivity index (χ1n) is 4.47. The zero-order valence-electron chi connectivity index (χ0n) is 8.87. The van der Waals surface area contributed by atoms with Crippen molar-refractivity contribution in [3.63, 3.8) is 0 Å². The molecule has 1 heterocycles. The third-order valence-corrected chi connectivity index (χ3v) is 1.35. The molecule has 0 aliphatic carbocycles. The molecule has 0 unspecified atom stereocenters. The molecule has 0 aliphatic rings. The zero-order valence-corrected chi connectivity index (χ0v) is 8.87. The van der Waals surface area contributed by atoms with E-state index in [1.807, 2.05) is 0 Å². The lowest BCUT2D eigenvalue weighted by Gasteiger charge is -2.19. The van der Waals surface area contributed by atoms with Gasteiger partial charge >= 0.3 is 6.09 Å². The van der Waals surface area contributed by atoms with E-state index in [9.17, 15) is 9.18 Å². The standard InChI is InChI=1S/C10H13FN2O2/c1-10(2,3)15-9(14)13-8-4-7(11)5-12-6-8/h4-6H,1-3H3,(H,13,14). The van der Waals surface area contributed by atoms with Crippen LogP contribution in [0.2, 0.25) is 0 Å². The molecule has 0 saturated heterocycles. The van der Waals surface area contributed by atoms with Gasteiger partial charge in [-0.1, -0.05) is 0 Å². The molecule has 0 bridgehead atoms. The van der Waals surface area contributed by atoms with Gasteiger partial charge in [-0.2, -0.15) is 0 Å². The second-order valence-corrected chi connectivity index (χ2v) is 4.02. The fourth-order valence-corrected chi connectivity index (χ4v) is 0.902. The molecular weight excluding hydrogens is 199 g/mol. The average molecular weight is 212 g/mol. The number of hydrogen-bond acceptors (Lipinski definition) is 3. The third kappa shape index (κ3) is 4.39. The maximum Gasteiger partial charge on any atom is 0.412 e.